The van der Waals surface area contributed by atoms with Crippen LogP contribution in [-0.4, -0.2) is 5.11 Å². The summed E-state index contributed by atoms with van der Waals surface area (Å²) in [5, 5.41) is 8.92. The van der Waals surface area contributed by atoms with E-state index in [-0.39, 0.29) is 5.75 Å². The van der Waals surface area contributed by atoms with Crippen molar-refractivity contribution in [3.05, 3.63) is 23.8 Å². The van der Waals surface area contributed by atoms with Crippen LogP contribution in [0.3, 0.4) is 0 Å². The zero-order valence-corrected chi connectivity index (χ0v) is 5.33. The van der Waals surface area contributed by atoms with E-state index in [1.54, 1.807) is 6.07 Å². The molecule has 0 radical (unpaired) electrons. The molecule has 50 valence electrons. The number of hydrogen-bond donors (Lipinski definition) is 2. The molecule has 3 N–H and O–H groups in total. The van der Waals surface area contributed by atoms with E-state index < -0.39 is 0 Å². The van der Waals surface area contributed by atoms with Gasteiger partial charge in [-0.25, -0.2) is 0 Å². The Labute approximate surface area is 59.3 Å². The molecule has 0 atom stereocenters. The molecule has 2 heteroatoms. The van der Waals surface area contributed by atoms with Gasteiger partial charge in [0, 0.05) is 5.69 Å². The monoisotopic (exact) mass is 133 g/mol. The topological polar surface area (TPSA) is 46.2 Å². The molecule has 0 saturated carbocycles. The van der Waals surface area contributed by atoms with Crippen molar-refractivity contribution in [1.82, 2.24) is 0 Å². The first-order valence-electron chi connectivity index (χ1n) is 2.79. The molecule has 0 aliphatic carbocycles. The molecule has 2 nitrogen and oxygen atoms in total. The first-order valence-corrected chi connectivity index (χ1v) is 2.79. The first-order chi connectivity index (χ1) is 4.74. The quantitative estimate of drug-likeness (QED) is 0.314. The predicted octanol–water partition coefficient (Wildman–Crippen LogP) is 0.956. The van der Waals surface area contributed by atoms with Gasteiger partial charge >= 0.3 is 0 Å². The number of benzene rings is 1. The fraction of sp³-hybridized carbons (Fsp3) is 0. The third-order valence-electron chi connectivity index (χ3n) is 1.19. The van der Waals surface area contributed by atoms with Gasteiger partial charge in [0.25, 0.3) is 0 Å². The normalized spacial score (nSPS) is 8.70. The molecule has 0 amide bonds. The maximum absolute atomic E-state index is 8.92. The van der Waals surface area contributed by atoms with Crippen molar-refractivity contribution in [2.75, 3.05) is 5.73 Å². The molecule has 1 rings (SSSR count). The summed E-state index contributed by atoms with van der Waals surface area (Å²) in [6, 6.07) is 4.52. The minimum atomic E-state index is 0.141. The van der Waals surface area contributed by atoms with Crippen LogP contribution < -0.4 is 5.73 Å². The van der Waals surface area contributed by atoms with Crippen molar-refractivity contribution in [3.63, 3.8) is 0 Å². The summed E-state index contributed by atoms with van der Waals surface area (Å²) >= 11 is 0. The predicted molar refractivity (Wildman–Crippen MR) is 40.5 cm³/mol. The van der Waals surface area contributed by atoms with E-state index in [1.165, 1.54) is 12.1 Å². The number of anilines is 1. The van der Waals surface area contributed by atoms with Crippen molar-refractivity contribution in [3.8, 4) is 18.1 Å². The van der Waals surface area contributed by atoms with E-state index >= 15 is 0 Å². The minimum Gasteiger partial charge on any atom is -0.508 e. The molecular formula is C8H7NO. The molecule has 0 aliphatic rings. The maximum atomic E-state index is 8.92. The lowest BCUT2D eigenvalue weighted by Gasteiger charge is -1.96. The van der Waals surface area contributed by atoms with Gasteiger partial charge in [-0.05, 0) is 18.2 Å². The summed E-state index contributed by atoms with van der Waals surface area (Å²) in [4.78, 5) is 0. The molecule has 0 fully saturated rings. The fourth-order valence-electron chi connectivity index (χ4n) is 0.669. The van der Waals surface area contributed by atoms with E-state index in [9.17, 15) is 0 Å². The lowest BCUT2D eigenvalue weighted by molar-refractivity contribution is 0.475. The Bertz CT molecular complexity index is 286. The van der Waals surface area contributed by atoms with Gasteiger partial charge in [0.05, 0.1) is 5.56 Å². The maximum Gasteiger partial charge on any atom is 0.116 e. The molecular weight excluding hydrogens is 126 g/mol. The number of aromatic hydroxyl groups is 1. The number of nitrogens with two attached hydrogens (primary N) is 1. The van der Waals surface area contributed by atoms with E-state index in [4.69, 9.17) is 17.3 Å². The molecule has 1 aromatic rings. The number of terminal acetylenes is 1. The van der Waals surface area contributed by atoms with Crippen molar-refractivity contribution in [1.29, 1.82) is 0 Å². The second kappa shape index (κ2) is 2.32. The zero-order valence-electron chi connectivity index (χ0n) is 5.33. The van der Waals surface area contributed by atoms with Crippen LogP contribution >= 0.6 is 0 Å². The standard InChI is InChI=1S/C8H7NO/c1-2-6-5-7(10)3-4-8(6)9/h1,3-5,10H,9H2. The average molecular weight is 133 g/mol. The highest BCUT2D eigenvalue weighted by molar-refractivity contribution is 5.57. The fourth-order valence-corrected chi connectivity index (χ4v) is 0.669. The molecule has 0 spiro atoms. The second-order valence-electron chi connectivity index (χ2n) is 1.92. The molecule has 0 saturated heterocycles. The Kier molecular flexibility index (Phi) is 1.51. The molecule has 0 unspecified atom stereocenters. The SMILES string of the molecule is C#Cc1cc(O)ccc1N. The van der Waals surface area contributed by atoms with Crippen LogP contribution in [0.25, 0.3) is 0 Å². The van der Waals surface area contributed by atoms with Crippen molar-refractivity contribution in [2.24, 2.45) is 0 Å². The van der Waals surface area contributed by atoms with E-state index in [0.29, 0.717) is 11.3 Å². The molecule has 0 aliphatic heterocycles. The van der Waals surface area contributed by atoms with Gasteiger partial charge in [0.15, 0.2) is 0 Å². The summed E-state index contributed by atoms with van der Waals surface area (Å²) in [6.45, 7) is 0. The minimum absolute atomic E-state index is 0.141. The van der Waals surface area contributed by atoms with Gasteiger partial charge in [-0.2, -0.15) is 0 Å². The Morgan fingerprint density at radius 3 is 2.70 bits per heavy atom. The highest BCUT2D eigenvalue weighted by Crippen LogP contribution is 2.16. The van der Waals surface area contributed by atoms with Crippen molar-refractivity contribution < 1.29 is 5.11 Å². The highest BCUT2D eigenvalue weighted by atomic mass is 16.3. The third-order valence-corrected chi connectivity index (χ3v) is 1.19. The molecule has 1 aromatic carbocycles. The lowest BCUT2D eigenvalue weighted by Crippen LogP contribution is -1.88. The van der Waals surface area contributed by atoms with Crippen LogP contribution in [0.1, 0.15) is 5.56 Å². The number of hydrogen-bond acceptors (Lipinski definition) is 2. The van der Waals surface area contributed by atoms with Gasteiger partial charge in [0.1, 0.15) is 5.75 Å². The highest BCUT2D eigenvalue weighted by Gasteiger charge is 1.94. The lowest BCUT2D eigenvalue weighted by atomic mass is 10.2. The number of phenols is 1. The van der Waals surface area contributed by atoms with Crippen LogP contribution in [-0.2, 0) is 0 Å². The molecule has 0 heterocycles. The van der Waals surface area contributed by atoms with Crippen LogP contribution in [0.15, 0.2) is 18.2 Å². The average Bonchev–Trinajstić information content (AvgIpc) is 1.94. The Hall–Kier alpha value is -1.62. The van der Waals surface area contributed by atoms with Gasteiger partial charge in [-0.15, -0.1) is 6.42 Å². The first kappa shape index (κ1) is 6.50. The summed E-state index contributed by atoms with van der Waals surface area (Å²) in [5.41, 5.74) is 6.49. The molecule has 0 aromatic heterocycles. The second-order valence-corrected chi connectivity index (χ2v) is 1.92. The van der Waals surface area contributed by atoms with E-state index in [1.807, 2.05) is 0 Å². The summed E-state index contributed by atoms with van der Waals surface area (Å²) in [5.74, 6) is 2.49. The van der Waals surface area contributed by atoms with E-state index in [2.05, 4.69) is 5.92 Å². The number of phenolic OH excluding ortho intramolecular Hbond substituents is 1. The van der Waals surface area contributed by atoms with Crippen LogP contribution in [0, 0.1) is 12.3 Å². The van der Waals surface area contributed by atoms with Gasteiger partial charge in [-0.3, -0.25) is 0 Å². The van der Waals surface area contributed by atoms with Crippen LogP contribution in [0.2, 0.25) is 0 Å². The summed E-state index contributed by atoms with van der Waals surface area (Å²) in [6.07, 6.45) is 5.08. The van der Waals surface area contributed by atoms with Gasteiger partial charge in [-0.1, -0.05) is 5.92 Å². The molecule has 0 bridgehead atoms. The van der Waals surface area contributed by atoms with Crippen molar-refractivity contribution >= 4 is 5.69 Å². The van der Waals surface area contributed by atoms with Crippen LogP contribution in [0.5, 0.6) is 5.75 Å². The summed E-state index contributed by atoms with van der Waals surface area (Å²) in [7, 11) is 0. The largest absolute Gasteiger partial charge is 0.508 e. The van der Waals surface area contributed by atoms with Gasteiger partial charge in [0.2, 0.25) is 0 Å². The van der Waals surface area contributed by atoms with Crippen molar-refractivity contribution in [2.45, 2.75) is 0 Å². The number of rotatable bonds is 0. The molecule has 10 heavy (non-hydrogen) atoms. The van der Waals surface area contributed by atoms with E-state index in [0.717, 1.165) is 0 Å². The smallest absolute Gasteiger partial charge is 0.116 e. The Morgan fingerprint density at radius 1 is 1.50 bits per heavy atom. The summed E-state index contributed by atoms with van der Waals surface area (Å²) < 4.78 is 0. The number of nitrogen functional groups attached to an aromatic ring is 1. The Balaban J connectivity index is 3.25. The van der Waals surface area contributed by atoms with Gasteiger partial charge < -0.3 is 10.8 Å². The Morgan fingerprint density at radius 2 is 2.20 bits per heavy atom. The third kappa shape index (κ3) is 1.03. The van der Waals surface area contributed by atoms with Crippen LogP contribution in [0.4, 0.5) is 5.69 Å². The zero-order chi connectivity index (χ0) is 7.56.